The summed E-state index contributed by atoms with van der Waals surface area (Å²) in [6, 6.07) is -1.52. The minimum Gasteiger partial charge on any atom is -0.394 e. The van der Waals surface area contributed by atoms with Gasteiger partial charge in [-0.1, -0.05) is 12.8 Å². The van der Waals surface area contributed by atoms with Crippen LogP contribution >= 0.6 is 12.8 Å². The van der Waals surface area contributed by atoms with Crippen molar-refractivity contribution in [2.45, 2.75) is 37.9 Å². The number of hydrogen-bond donors (Lipinski definition) is 4. The zero-order chi connectivity index (χ0) is 33.8. The summed E-state index contributed by atoms with van der Waals surface area (Å²) in [6.07, 6.45) is 0.511. The number of carbonyl (C=O) groups is 3. The third-order valence-corrected chi connectivity index (χ3v) is 6.94. The van der Waals surface area contributed by atoms with E-state index in [0.717, 1.165) is 0 Å². The first kappa shape index (κ1) is 42.4. The van der Waals surface area contributed by atoms with E-state index in [2.05, 4.69) is 22.9 Å². The molecule has 3 atom stereocenters. The Balaban J connectivity index is 1.91. The van der Waals surface area contributed by atoms with E-state index in [1.54, 1.807) is 21.0 Å². The van der Waals surface area contributed by atoms with E-state index in [9.17, 15) is 14.4 Å². The summed E-state index contributed by atoms with van der Waals surface area (Å²) in [6.45, 7) is 8.76. The number of thiol groups is 1. The number of hydrogen-bond acceptors (Lipinski definition) is 14. The van der Waals surface area contributed by atoms with Crippen LogP contribution in [0.2, 0.25) is 0 Å². The van der Waals surface area contributed by atoms with Crippen LogP contribution in [-0.2, 0) is 52.3 Å². The second kappa shape index (κ2) is 28.4. The number of carbonyl (C=O) groups excluding carboxylic acids is 3. The first-order chi connectivity index (χ1) is 22.3. The third-order valence-electron chi connectivity index (χ3n) is 6.55. The van der Waals surface area contributed by atoms with E-state index in [4.69, 9.17) is 43.0 Å². The van der Waals surface area contributed by atoms with Crippen molar-refractivity contribution in [3.05, 3.63) is 0 Å². The standard InChI is InChI=1S/C29H56N4O12S/c1-24(31-46)28(36)33-23-25(22-26(33)29(37)32(2)3)30-27(35)4-6-38-8-10-40-12-14-42-16-18-44-20-21-45-19-17-43-15-13-41-11-9-39-7-5-34/h24-26,31,34,46H,4-23H2,1-3H3,(H,30,35). The van der Waals surface area contributed by atoms with Crippen LogP contribution in [0.1, 0.15) is 19.8 Å². The van der Waals surface area contributed by atoms with E-state index >= 15 is 0 Å². The second-order valence-electron chi connectivity index (χ2n) is 10.5. The number of rotatable bonds is 30. The fourth-order valence-corrected chi connectivity index (χ4v) is 4.30. The maximum atomic E-state index is 12.7. The van der Waals surface area contributed by atoms with E-state index in [-0.39, 0.29) is 49.9 Å². The highest BCUT2D eigenvalue weighted by Crippen LogP contribution is 2.21. The Morgan fingerprint density at radius 3 is 1.50 bits per heavy atom. The molecule has 0 bridgehead atoms. The number of likely N-dealkylation sites (N-methyl/N-ethyl adjacent to an activating group) is 1. The fourth-order valence-electron chi connectivity index (χ4n) is 4.19. The van der Waals surface area contributed by atoms with Crippen LogP contribution < -0.4 is 10.0 Å². The van der Waals surface area contributed by atoms with Gasteiger partial charge >= 0.3 is 0 Å². The number of nitrogens with zero attached hydrogens (tertiary/aromatic N) is 2. The summed E-state index contributed by atoms with van der Waals surface area (Å²) < 4.78 is 45.7. The van der Waals surface area contributed by atoms with Gasteiger partial charge in [0.05, 0.1) is 118 Å². The van der Waals surface area contributed by atoms with E-state index < -0.39 is 12.1 Å². The molecule has 1 aliphatic heterocycles. The van der Waals surface area contributed by atoms with Crippen molar-refractivity contribution in [1.82, 2.24) is 19.8 Å². The van der Waals surface area contributed by atoms with Crippen LogP contribution in [0, 0.1) is 0 Å². The Morgan fingerprint density at radius 1 is 0.739 bits per heavy atom. The first-order valence-corrected chi connectivity index (χ1v) is 16.2. The van der Waals surface area contributed by atoms with Crippen molar-refractivity contribution < 1.29 is 57.4 Å². The summed E-state index contributed by atoms with van der Waals surface area (Å²) in [5.41, 5.74) is 0. The molecule has 0 spiro atoms. The predicted molar refractivity (Wildman–Crippen MR) is 171 cm³/mol. The van der Waals surface area contributed by atoms with Gasteiger partial charge in [-0.3, -0.25) is 19.1 Å². The van der Waals surface area contributed by atoms with E-state index in [1.165, 1.54) is 9.80 Å². The largest absolute Gasteiger partial charge is 0.394 e. The lowest BCUT2D eigenvalue weighted by Crippen LogP contribution is -2.50. The molecule has 0 aromatic carbocycles. The molecule has 1 saturated heterocycles. The smallest absolute Gasteiger partial charge is 0.244 e. The third kappa shape index (κ3) is 20.6. The van der Waals surface area contributed by atoms with E-state index in [0.29, 0.717) is 106 Å². The molecule has 0 radical (unpaired) electrons. The lowest BCUT2D eigenvalue weighted by atomic mass is 10.1. The minimum atomic E-state index is -0.633. The Hall–Kier alpha value is -1.64. The quantitative estimate of drug-likeness (QED) is 0.0509. The average molecular weight is 685 g/mol. The Kier molecular flexibility index (Phi) is 26.1. The zero-order valence-corrected chi connectivity index (χ0v) is 28.5. The molecule has 46 heavy (non-hydrogen) atoms. The van der Waals surface area contributed by atoms with Crippen molar-refractivity contribution in [3.8, 4) is 0 Å². The van der Waals surface area contributed by atoms with Crippen LogP contribution in [0.4, 0.5) is 0 Å². The minimum absolute atomic E-state index is 0.0126. The molecule has 0 saturated carbocycles. The normalized spacial score (nSPS) is 16.9. The first-order valence-electron chi connectivity index (χ1n) is 15.7. The van der Waals surface area contributed by atoms with Crippen molar-refractivity contribution >= 4 is 30.5 Å². The molecule has 3 unspecified atom stereocenters. The van der Waals surface area contributed by atoms with Gasteiger partial charge in [0.15, 0.2) is 0 Å². The monoisotopic (exact) mass is 684 g/mol. The molecule has 0 aromatic rings. The molecule has 16 nitrogen and oxygen atoms in total. The summed E-state index contributed by atoms with van der Waals surface area (Å²) in [5, 5.41) is 11.5. The molecule has 1 rings (SSSR count). The topological polar surface area (TPSA) is 176 Å². The highest BCUT2D eigenvalue weighted by molar-refractivity contribution is 7.78. The molecule has 1 fully saturated rings. The van der Waals surface area contributed by atoms with Crippen LogP contribution in [0.3, 0.4) is 0 Å². The lowest BCUT2D eigenvalue weighted by Gasteiger charge is -2.28. The molecule has 270 valence electrons. The number of ether oxygens (including phenoxy) is 8. The number of aliphatic hydroxyl groups is 1. The Labute approximate surface area is 278 Å². The second-order valence-corrected chi connectivity index (χ2v) is 10.7. The number of aliphatic hydroxyl groups excluding tert-OH is 1. The Morgan fingerprint density at radius 2 is 1.13 bits per heavy atom. The van der Waals surface area contributed by atoms with Crippen LogP contribution in [0.25, 0.3) is 0 Å². The molecular formula is C29H56N4O12S. The fraction of sp³-hybridized carbons (Fsp3) is 0.897. The lowest BCUT2D eigenvalue weighted by molar-refractivity contribution is -0.143. The molecular weight excluding hydrogens is 628 g/mol. The van der Waals surface area contributed by atoms with Gasteiger partial charge in [-0.15, -0.1) is 0 Å². The molecule has 17 heteroatoms. The molecule has 3 N–H and O–H groups in total. The number of nitrogens with one attached hydrogen (secondary N) is 2. The van der Waals surface area contributed by atoms with Gasteiger partial charge in [-0.05, 0) is 13.3 Å². The van der Waals surface area contributed by atoms with Gasteiger partial charge in [0.25, 0.3) is 0 Å². The van der Waals surface area contributed by atoms with Crippen molar-refractivity contribution in [3.63, 3.8) is 0 Å². The average Bonchev–Trinajstić information content (AvgIpc) is 3.46. The predicted octanol–water partition coefficient (Wildman–Crippen LogP) is -1.50. The van der Waals surface area contributed by atoms with Gasteiger partial charge in [0.2, 0.25) is 17.7 Å². The molecule has 1 aliphatic rings. The SMILES string of the molecule is CC(NS)C(=O)N1CC(NC(=O)CCOCCOCCOCCOCCOCCOCCOCCOCCO)CC1C(=O)N(C)C. The highest BCUT2D eigenvalue weighted by atomic mass is 32.1. The maximum absolute atomic E-state index is 12.7. The summed E-state index contributed by atoms with van der Waals surface area (Å²) in [4.78, 5) is 40.7. The van der Waals surface area contributed by atoms with Crippen LogP contribution in [0.5, 0.6) is 0 Å². The molecule has 3 amide bonds. The van der Waals surface area contributed by atoms with E-state index in [1.807, 2.05) is 0 Å². The highest BCUT2D eigenvalue weighted by Gasteiger charge is 2.41. The van der Waals surface area contributed by atoms with Crippen LogP contribution in [0.15, 0.2) is 0 Å². The van der Waals surface area contributed by atoms with Crippen molar-refractivity contribution in [2.24, 2.45) is 0 Å². The van der Waals surface area contributed by atoms with Gasteiger partial charge in [-0.2, -0.15) is 0 Å². The number of likely N-dealkylation sites (tertiary alicyclic amines) is 1. The summed E-state index contributed by atoms with van der Waals surface area (Å²) in [5.74, 6) is -0.634. The van der Waals surface area contributed by atoms with Crippen molar-refractivity contribution in [1.29, 1.82) is 0 Å². The zero-order valence-electron chi connectivity index (χ0n) is 27.7. The van der Waals surface area contributed by atoms with Gasteiger partial charge in [0, 0.05) is 33.1 Å². The molecule has 0 aromatic heterocycles. The Bertz CT molecular complexity index is 801. The van der Waals surface area contributed by atoms with Crippen LogP contribution in [-0.4, -0.2) is 184 Å². The summed E-state index contributed by atoms with van der Waals surface area (Å²) >= 11 is 3.96. The molecule has 1 heterocycles. The van der Waals surface area contributed by atoms with Gasteiger partial charge in [0.1, 0.15) is 6.04 Å². The van der Waals surface area contributed by atoms with Crippen molar-refractivity contribution in [2.75, 3.05) is 133 Å². The maximum Gasteiger partial charge on any atom is 0.244 e. The summed E-state index contributed by atoms with van der Waals surface area (Å²) in [7, 11) is 3.28. The molecule has 0 aliphatic carbocycles. The van der Waals surface area contributed by atoms with Gasteiger partial charge < -0.3 is 58.1 Å². The van der Waals surface area contributed by atoms with Gasteiger partial charge in [-0.25, -0.2) is 0 Å². The number of amides is 3.